The number of rotatable bonds is 1. The summed E-state index contributed by atoms with van der Waals surface area (Å²) in [6.45, 7) is 1.95. The highest BCUT2D eigenvalue weighted by Gasteiger charge is 2.27. The lowest BCUT2D eigenvalue weighted by Crippen LogP contribution is -2.23. The van der Waals surface area contributed by atoms with Crippen LogP contribution in [0.5, 0.6) is 5.75 Å². The summed E-state index contributed by atoms with van der Waals surface area (Å²) >= 11 is 3.41. The molecule has 0 saturated carbocycles. The Balaban J connectivity index is 2.58. The molecule has 0 radical (unpaired) electrons. The van der Waals surface area contributed by atoms with Crippen LogP contribution in [0.4, 0.5) is 0 Å². The van der Waals surface area contributed by atoms with Crippen molar-refractivity contribution in [2.45, 2.75) is 24.6 Å². The van der Waals surface area contributed by atoms with Gasteiger partial charge in [0.25, 0.3) is 0 Å². The molecule has 3 heteroatoms. The van der Waals surface area contributed by atoms with Gasteiger partial charge in [0, 0.05) is 11.1 Å². The summed E-state index contributed by atoms with van der Waals surface area (Å²) in [6, 6.07) is 3.94. The molecule has 0 heterocycles. The number of carbonyl (C=O) groups is 1. The van der Waals surface area contributed by atoms with Gasteiger partial charge in [0.05, 0.1) is 11.9 Å². The van der Waals surface area contributed by atoms with E-state index in [-0.39, 0.29) is 10.6 Å². The van der Waals surface area contributed by atoms with E-state index in [0.29, 0.717) is 0 Å². The third kappa shape index (κ3) is 1.69. The Bertz CT molecular complexity index is 412. The Morgan fingerprint density at radius 2 is 2.20 bits per heavy atom. The molecule has 0 saturated heterocycles. The quantitative estimate of drug-likeness (QED) is 0.733. The summed E-state index contributed by atoms with van der Waals surface area (Å²) in [4.78, 5) is 12.0. The fraction of sp³-hybridized carbons (Fsp3) is 0.417. The predicted octanol–water partition coefficient (Wildman–Crippen LogP) is 2.90. The minimum absolute atomic E-state index is 0.0317. The van der Waals surface area contributed by atoms with Crippen LogP contribution in [0.25, 0.3) is 0 Å². The molecule has 0 amide bonds. The first-order chi connectivity index (χ1) is 7.15. The molecule has 0 spiro atoms. The van der Waals surface area contributed by atoms with Crippen molar-refractivity contribution in [1.82, 2.24) is 0 Å². The average Bonchev–Trinajstić information content (AvgIpc) is 2.24. The van der Waals surface area contributed by atoms with Crippen molar-refractivity contribution in [2.75, 3.05) is 7.11 Å². The minimum Gasteiger partial charge on any atom is -0.496 e. The Morgan fingerprint density at radius 3 is 2.87 bits per heavy atom. The van der Waals surface area contributed by atoms with Gasteiger partial charge in [-0.2, -0.15) is 0 Å². The summed E-state index contributed by atoms with van der Waals surface area (Å²) in [6.07, 6.45) is 1.85. The van der Waals surface area contributed by atoms with Crippen molar-refractivity contribution >= 4 is 21.7 Å². The summed E-state index contributed by atoms with van der Waals surface area (Å²) in [7, 11) is 1.63. The molecule has 1 atom stereocenters. The number of aryl methyl sites for hydroxylation is 1. The van der Waals surface area contributed by atoms with E-state index in [2.05, 4.69) is 15.9 Å². The zero-order valence-electron chi connectivity index (χ0n) is 8.84. The zero-order chi connectivity index (χ0) is 11.0. The molecule has 1 aliphatic carbocycles. The highest BCUT2D eigenvalue weighted by molar-refractivity contribution is 9.10. The largest absolute Gasteiger partial charge is 0.496 e. The molecular formula is C12H13BrO2. The van der Waals surface area contributed by atoms with Gasteiger partial charge in [-0.3, -0.25) is 4.79 Å². The minimum atomic E-state index is -0.0317. The number of ketones is 1. The molecule has 0 N–H and O–H groups in total. The zero-order valence-corrected chi connectivity index (χ0v) is 10.4. The first-order valence-electron chi connectivity index (χ1n) is 5.00. The number of ether oxygens (including phenoxy) is 1. The summed E-state index contributed by atoms with van der Waals surface area (Å²) in [5.41, 5.74) is 2.96. The number of halogens is 1. The summed E-state index contributed by atoms with van der Waals surface area (Å²) in [5, 5.41) is 0. The van der Waals surface area contributed by atoms with E-state index in [1.54, 1.807) is 7.11 Å². The van der Waals surface area contributed by atoms with Crippen LogP contribution in [-0.4, -0.2) is 17.7 Å². The highest BCUT2D eigenvalue weighted by atomic mass is 79.9. The fourth-order valence-electron chi connectivity index (χ4n) is 2.09. The average molecular weight is 269 g/mol. The topological polar surface area (TPSA) is 26.3 Å². The normalized spacial score (nSPS) is 19.9. The smallest absolute Gasteiger partial charge is 0.177 e. The number of hydrogen-bond acceptors (Lipinski definition) is 2. The first-order valence-corrected chi connectivity index (χ1v) is 5.91. The summed E-state index contributed by atoms with van der Waals surface area (Å²) in [5.74, 6) is 0.983. The van der Waals surface area contributed by atoms with Gasteiger partial charge in [0.15, 0.2) is 5.78 Å². The highest BCUT2D eigenvalue weighted by Crippen LogP contribution is 2.32. The number of hydrogen-bond donors (Lipinski definition) is 0. The number of alkyl halides is 1. The lowest BCUT2D eigenvalue weighted by molar-refractivity contribution is 0.0980. The van der Waals surface area contributed by atoms with Crippen LogP contribution in [0.1, 0.15) is 27.9 Å². The third-order valence-electron chi connectivity index (χ3n) is 2.92. The van der Waals surface area contributed by atoms with E-state index in [1.165, 1.54) is 0 Å². The van der Waals surface area contributed by atoms with E-state index >= 15 is 0 Å². The molecule has 2 rings (SSSR count). The molecule has 80 valence electrons. The SMILES string of the molecule is COc1ccc2c(c1C)C(=O)C(Br)CC2. The van der Waals surface area contributed by atoms with Crippen molar-refractivity contribution in [3.8, 4) is 5.75 Å². The molecule has 0 aliphatic heterocycles. The number of benzene rings is 1. The van der Waals surface area contributed by atoms with Crippen molar-refractivity contribution < 1.29 is 9.53 Å². The van der Waals surface area contributed by atoms with Gasteiger partial charge in [-0.05, 0) is 31.4 Å². The standard InChI is InChI=1S/C12H13BrO2/c1-7-10(15-2)6-4-8-3-5-9(13)12(14)11(7)8/h4,6,9H,3,5H2,1-2H3. The van der Waals surface area contributed by atoms with E-state index in [4.69, 9.17) is 4.74 Å². The van der Waals surface area contributed by atoms with Crippen LogP contribution < -0.4 is 4.74 Å². The molecule has 1 aromatic carbocycles. The molecule has 1 unspecified atom stereocenters. The van der Waals surface area contributed by atoms with Crippen LogP contribution >= 0.6 is 15.9 Å². The second-order valence-electron chi connectivity index (χ2n) is 3.80. The van der Waals surface area contributed by atoms with Gasteiger partial charge < -0.3 is 4.74 Å². The number of methoxy groups -OCH3 is 1. The molecule has 15 heavy (non-hydrogen) atoms. The Morgan fingerprint density at radius 1 is 1.47 bits per heavy atom. The van der Waals surface area contributed by atoms with Gasteiger partial charge in [0.2, 0.25) is 0 Å². The molecule has 2 nitrogen and oxygen atoms in total. The first kappa shape index (κ1) is 10.7. The lowest BCUT2D eigenvalue weighted by Gasteiger charge is -2.22. The van der Waals surface area contributed by atoms with Gasteiger partial charge in [-0.15, -0.1) is 0 Å². The molecule has 0 aromatic heterocycles. The number of fused-ring (bicyclic) bond motifs is 1. The van der Waals surface area contributed by atoms with E-state index in [9.17, 15) is 4.79 Å². The second-order valence-corrected chi connectivity index (χ2v) is 4.90. The van der Waals surface area contributed by atoms with Gasteiger partial charge in [-0.25, -0.2) is 0 Å². The van der Waals surface area contributed by atoms with Crippen molar-refractivity contribution in [2.24, 2.45) is 0 Å². The van der Waals surface area contributed by atoms with E-state index in [0.717, 1.165) is 35.3 Å². The van der Waals surface area contributed by atoms with Crippen molar-refractivity contribution in [3.05, 3.63) is 28.8 Å². The Labute approximate surface area is 97.8 Å². The monoisotopic (exact) mass is 268 g/mol. The maximum absolute atomic E-state index is 12.0. The molecule has 1 aliphatic rings. The number of carbonyl (C=O) groups excluding carboxylic acids is 1. The second kappa shape index (κ2) is 3.97. The van der Waals surface area contributed by atoms with Crippen LogP contribution in [0, 0.1) is 6.92 Å². The van der Waals surface area contributed by atoms with E-state index in [1.807, 2.05) is 19.1 Å². The molecular weight excluding hydrogens is 256 g/mol. The predicted molar refractivity (Wildman–Crippen MR) is 63.1 cm³/mol. The van der Waals surface area contributed by atoms with E-state index < -0.39 is 0 Å². The van der Waals surface area contributed by atoms with Crippen molar-refractivity contribution in [3.63, 3.8) is 0 Å². The third-order valence-corrected chi connectivity index (χ3v) is 3.79. The fourth-order valence-corrected chi connectivity index (χ4v) is 2.55. The van der Waals surface area contributed by atoms with Crippen LogP contribution in [-0.2, 0) is 6.42 Å². The Hall–Kier alpha value is -0.830. The molecule has 0 fully saturated rings. The van der Waals surface area contributed by atoms with Crippen LogP contribution in [0.15, 0.2) is 12.1 Å². The Kier molecular flexibility index (Phi) is 2.83. The van der Waals surface area contributed by atoms with Gasteiger partial charge >= 0.3 is 0 Å². The molecule has 0 bridgehead atoms. The van der Waals surface area contributed by atoms with Crippen LogP contribution in [0.3, 0.4) is 0 Å². The number of Topliss-reactive ketones (excluding diaryl/α,β-unsaturated/α-hetero) is 1. The lowest BCUT2D eigenvalue weighted by atomic mass is 9.87. The van der Waals surface area contributed by atoms with Crippen molar-refractivity contribution in [1.29, 1.82) is 0 Å². The van der Waals surface area contributed by atoms with Gasteiger partial charge in [0.1, 0.15) is 5.75 Å². The van der Waals surface area contributed by atoms with Crippen LogP contribution in [0.2, 0.25) is 0 Å². The maximum atomic E-state index is 12.0. The maximum Gasteiger partial charge on any atom is 0.177 e. The molecule has 1 aromatic rings. The van der Waals surface area contributed by atoms with Gasteiger partial charge in [-0.1, -0.05) is 22.0 Å². The summed E-state index contributed by atoms with van der Waals surface area (Å²) < 4.78 is 5.23.